The zero-order valence-corrected chi connectivity index (χ0v) is 13.7. The molecule has 0 bridgehead atoms. The van der Waals surface area contributed by atoms with Crippen LogP contribution in [0.3, 0.4) is 0 Å². The maximum Gasteiger partial charge on any atom is -0.0224 e. The Morgan fingerprint density at radius 1 is 0.905 bits per heavy atom. The van der Waals surface area contributed by atoms with Crippen molar-refractivity contribution in [3.63, 3.8) is 0 Å². The van der Waals surface area contributed by atoms with Gasteiger partial charge in [0.05, 0.1) is 0 Å². The van der Waals surface area contributed by atoms with Crippen molar-refractivity contribution in [3.8, 4) is 0 Å². The summed E-state index contributed by atoms with van der Waals surface area (Å²) in [7, 11) is 0. The van der Waals surface area contributed by atoms with Crippen LogP contribution in [0.15, 0.2) is 36.4 Å². The van der Waals surface area contributed by atoms with Crippen LogP contribution in [0.25, 0.3) is 12.2 Å². The monoisotopic (exact) mass is 278 g/mol. The maximum atomic E-state index is 2.26. The molecule has 0 aliphatic heterocycles. The molecule has 0 amide bonds. The van der Waals surface area contributed by atoms with E-state index in [0.29, 0.717) is 0 Å². The quantitative estimate of drug-likeness (QED) is 0.577. The molecule has 0 aliphatic carbocycles. The van der Waals surface area contributed by atoms with Crippen LogP contribution < -0.4 is 0 Å². The Kier molecular flexibility index (Phi) is 5.38. The Labute approximate surface area is 129 Å². The molecule has 0 saturated heterocycles. The second kappa shape index (κ2) is 7.26. The number of rotatable bonds is 5. The highest BCUT2D eigenvalue weighted by atomic mass is 14.1. The molecule has 0 fully saturated rings. The van der Waals surface area contributed by atoms with Crippen LogP contribution in [0.1, 0.15) is 53.1 Å². The van der Waals surface area contributed by atoms with Crippen LogP contribution in [-0.2, 0) is 6.42 Å². The minimum atomic E-state index is 1.19. The van der Waals surface area contributed by atoms with Crippen LogP contribution in [0.5, 0.6) is 0 Å². The first-order valence-electron chi connectivity index (χ1n) is 7.95. The summed E-state index contributed by atoms with van der Waals surface area (Å²) in [5.74, 6) is 0. The van der Waals surface area contributed by atoms with Gasteiger partial charge >= 0.3 is 0 Å². The van der Waals surface area contributed by atoms with Crippen molar-refractivity contribution in [2.24, 2.45) is 0 Å². The average molecular weight is 278 g/mol. The van der Waals surface area contributed by atoms with Gasteiger partial charge in [-0.25, -0.2) is 0 Å². The molecular formula is C21H26. The highest BCUT2D eigenvalue weighted by Gasteiger charge is 2.01. The van der Waals surface area contributed by atoms with Crippen molar-refractivity contribution in [2.75, 3.05) is 0 Å². The van der Waals surface area contributed by atoms with E-state index in [1.807, 2.05) is 0 Å². The first kappa shape index (κ1) is 15.6. The summed E-state index contributed by atoms with van der Waals surface area (Å²) >= 11 is 0. The molecule has 0 aromatic heterocycles. The van der Waals surface area contributed by atoms with E-state index in [4.69, 9.17) is 0 Å². The molecule has 0 aliphatic rings. The highest BCUT2D eigenvalue weighted by Crippen LogP contribution is 2.19. The Bertz CT molecular complexity index is 612. The first-order valence-corrected chi connectivity index (χ1v) is 7.95. The van der Waals surface area contributed by atoms with Gasteiger partial charge in [0.25, 0.3) is 0 Å². The minimum absolute atomic E-state index is 1.19. The van der Waals surface area contributed by atoms with Gasteiger partial charge in [0.2, 0.25) is 0 Å². The third-order valence-electron chi connectivity index (χ3n) is 3.99. The van der Waals surface area contributed by atoms with E-state index in [2.05, 4.69) is 76.2 Å². The lowest BCUT2D eigenvalue weighted by molar-refractivity contribution is 0.791. The molecule has 2 rings (SSSR count). The van der Waals surface area contributed by atoms with Crippen molar-refractivity contribution in [1.29, 1.82) is 0 Å². The van der Waals surface area contributed by atoms with Gasteiger partial charge in [-0.15, -0.1) is 0 Å². The molecule has 0 unspecified atom stereocenters. The molecule has 0 heteroatoms. The van der Waals surface area contributed by atoms with E-state index < -0.39 is 0 Å². The summed E-state index contributed by atoms with van der Waals surface area (Å²) in [6, 6.07) is 13.3. The molecule has 110 valence electrons. The predicted octanol–water partition coefficient (Wildman–Crippen LogP) is 6.12. The standard InChI is InChI=1S/C21H26/c1-5-6-8-20-9-7-10-21(18(20)4)12-11-19-14-16(2)13-17(3)15-19/h7,9-15H,5-6,8H2,1-4H3. The molecule has 0 saturated carbocycles. The average Bonchev–Trinajstić information content (AvgIpc) is 2.44. The number of hydrogen-bond donors (Lipinski definition) is 0. The van der Waals surface area contributed by atoms with Gasteiger partial charge < -0.3 is 0 Å². The first-order chi connectivity index (χ1) is 10.1. The fourth-order valence-corrected chi connectivity index (χ4v) is 2.81. The molecular weight excluding hydrogens is 252 g/mol. The summed E-state index contributed by atoms with van der Waals surface area (Å²) in [5.41, 5.74) is 8.17. The van der Waals surface area contributed by atoms with E-state index in [1.165, 1.54) is 52.6 Å². The summed E-state index contributed by atoms with van der Waals surface area (Å²) in [5, 5.41) is 0. The summed E-state index contributed by atoms with van der Waals surface area (Å²) in [6.07, 6.45) is 8.19. The van der Waals surface area contributed by atoms with E-state index in [0.717, 1.165) is 0 Å². The second-order valence-corrected chi connectivity index (χ2v) is 5.99. The molecule has 0 atom stereocenters. The lowest BCUT2D eigenvalue weighted by Gasteiger charge is -2.08. The van der Waals surface area contributed by atoms with Gasteiger partial charge in [-0.3, -0.25) is 0 Å². The molecule has 0 radical (unpaired) electrons. The number of aryl methyl sites for hydroxylation is 3. The smallest absolute Gasteiger partial charge is 0.0224 e. The van der Waals surface area contributed by atoms with Crippen molar-refractivity contribution in [2.45, 2.75) is 47.0 Å². The number of benzene rings is 2. The molecule has 2 aromatic rings. The van der Waals surface area contributed by atoms with Gasteiger partial charge in [-0.05, 0) is 55.9 Å². The van der Waals surface area contributed by atoms with E-state index >= 15 is 0 Å². The van der Waals surface area contributed by atoms with Crippen LogP contribution in [-0.4, -0.2) is 0 Å². The third kappa shape index (κ3) is 4.32. The van der Waals surface area contributed by atoms with E-state index in [1.54, 1.807) is 0 Å². The number of hydrogen-bond acceptors (Lipinski definition) is 0. The lowest BCUT2D eigenvalue weighted by Crippen LogP contribution is -1.92. The van der Waals surface area contributed by atoms with Gasteiger partial charge in [0, 0.05) is 0 Å². The van der Waals surface area contributed by atoms with E-state index in [-0.39, 0.29) is 0 Å². The zero-order valence-electron chi connectivity index (χ0n) is 13.7. The largest absolute Gasteiger partial charge is 0.0654 e. The fourth-order valence-electron chi connectivity index (χ4n) is 2.81. The fraction of sp³-hybridized carbons (Fsp3) is 0.333. The number of unbranched alkanes of at least 4 members (excludes halogenated alkanes) is 1. The topological polar surface area (TPSA) is 0 Å². The van der Waals surface area contributed by atoms with Crippen molar-refractivity contribution in [1.82, 2.24) is 0 Å². The Morgan fingerprint density at radius 3 is 2.29 bits per heavy atom. The Hall–Kier alpha value is -1.82. The molecule has 0 N–H and O–H groups in total. The minimum Gasteiger partial charge on any atom is -0.0654 e. The predicted molar refractivity (Wildman–Crippen MR) is 94.6 cm³/mol. The highest BCUT2D eigenvalue weighted by molar-refractivity contribution is 5.72. The van der Waals surface area contributed by atoms with E-state index in [9.17, 15) is 0 Å². The van der Waals surface area contributed by atoms with Crippen LogP contribution in [0, 0.1) is 20.8 Å². The molecule has 0 heterocycles. The van der Waals surface area contributed by atoms with Crippen molar-refractivity contribution < 1.29 is 0 Å². The van der Waals surface area contributed by atoms with Gasteiger partial charge in [0.1, 0.15) is 0 Å². The van der Waals surface area contributed by atoms with Crippen LogP contribution in [0.4, 0.5) is 0 Å². The summed E-state index contributed by atoms with van der Waals surface area (Å²) in [6.45, 7) is 8.80. The summed E-state index contributed by atoms with van der Waals surface area (Å²) in [4.78, 5) is 0. The molecule has 2 aromatic carbocycles. The molecule has 21 heavy (non-hydrogen) atoms. The Morgan fingerprint density at radius 2 is 1.62 bits per heavy atom. The van der Waals surface area contributed by atoms with Gasteiger partial charge in [-0.1, -0.05) is 73.0 Å². The molecule has 0 spiro atoms. The molecule has 0 nitrogen and oxygen atoms in total. The van der Waals surface area contributed by atoms with Crippen molar-refractivity contribution >= 4 is 12.2 Å². The van der Waals surface area contributed by atoms with Gasteiger partial charge in [0.15, 0.2) is 0 Å². The van der Waals surface area contributed by atoms with Crippen LogP contribution in [0.2, 0.25) is 0 Å². The van der Waals surface area contributed by atoms with Crippen molar-refractivity contribution in [3.05, 3.63) is 69.8 Å². The third-order valence-corrected chi connectivity index (χ3v) is 3.99. The van der Waals surface area contributed by atoms with Crippen LogP contribution >= 0.6 is 0 Å². The maximum absolute atomic E-state index is 2.26. The normalized spacial score (nSPS) is 11.2. The lowest BCUT2D eigenvalue weighted by atomic mass is 9.97. The van der Waals surface area contributed by atoms with Gasteiger partial charge in [-0.2, -0.15) is 0 Å². The zero-order chi connectivity index (χ0) is 15.2. The Balaban J connectivity index is 2.24. The SMILES string of the molecule is CCCCc1cccc(C=Cc2cc(C)cc(C)c2)c1C. The summed E-state index contributed by atoms with van der Waals surface area (Å²) < 4.78 is 0. The second-order valence-electron chi connectivity index (χ2n) is 5.99.